The van der Waals surface area contributed by atoms with Crippen molar-refractivity contribution in [3.05, 3.63) is 53.3 Å². The quantitative estimate of drug-likeness (QED) is 0.243. The van der Waals surface area contributed by atoms with E-state index in [9.17, 15) is 18.3 Å². The van der Waals surface area contributed by atoms with E-state index < -0.39 is 30.4 Å². The third-order valence-electron chi connectivity index (χ3n) is 4.58. The van der Waals surface area contributed by atoms with Gasteiger partial charge in [-0.15, -0.1) is 18.0 Å². The lowest BCUT2D eigenvalue weighted by atomic mass is 9.78. The van der Waals surface area contributed by atoms with Crippen molar-refractivity contribution in [3.63, 3.8) is 0 Å². The molecule has 1 rings (SSSR count). The van der Waals surface area contributed by atoms with Gasteiger partial charge in [0, 0.05) is 5.41 Å². The predicted molar refractivity (Wildman–Crippen MR) is 110 cm³/mol. The predicted octanol–water partition coefficient (Wildman–Crippen LogP) is 4.35. The molecule has 0 amide bonds. The minimum atomic E-state index is -4.77. The summed E-state index contributed by atoms with van der Waals surface area (Å²) in [6, 6.07) is 7.30. The maximum absolute atomic E-state index is 12.4. The molecule has 0 aromatic heterocycles. The van der Waals surface area contributed by atoms with E-state index in [-0.39, 0.29) is 18.2 Å². The number of ether oxygens (including phenoxy) is 2. The molecule has 30 heavy (non-hydrogen) atoms. The Hall–Kier alpha value is -2.14. The van der Waals surface area contributed by atoms with Crippen molar-refractivity contribution in [1.29, 1.82) is 0 Å². The zero-order valence-corrected chi connectivity index (χ0v) is 17.8. The smallest absolute Gasteiger partial charge is 0.417 e. The fraction of sp³-hybridized carbons (Fsp3) is 0.455. The first-order chi connectivity index (χ1) is 13.9. The van der Waals surface area contributed by atoms with Crippen LogP contribution in [0.15, 0.2) is 47.7 Å². The van der Waals surface area contributed by atoms with Crippen molar-refractivity contribution >= 4 is 11.6 Å². The highest BCUT2D eigenvalue weighted by atomic mass is 35.5. The van der Waals surface area contributed by atoms with Gasteiger partial charge in [0.25, 0.3) is 0 Å². The lowest BCUT2D eigenvalue weighted by Crippen LogP contribution is -2.32. The Kier molecular flexibility index (Phi) is 9.76. The van der Waals surface area contributed by atoms with Gasteiger partial charge < -0.3 is 19.7 Å². The van der Waals surface area contributed by atoms with Gasteiger partial charge in [-0.25, -0.2) is 0 Å². The molecule has 2 atom stereocenters. The summed E-state index contributed by atoms with van der Waals surface area (Å²) in [5.41, 5.74) is 1.42. The van der Waals surface area contributed by atoms with Gasteiger partial charge in [-0.2, -0.15) is 13.2 Å². The number of aliphatic hydroxyl groups excluding tert-OH is 2. The van der Waals surface area contributed by atoms with Gasteiger partial charge >= 0.3 is 6.18 Å². The first kappa shape index (κ1) is 25.9. The number of allylic oxidation sites excluding steroid dienone is 4. The Morgan fingerprint density at radius 2 is 1.77 bits per heavy atom. The van der Waals surface area contributed by atoms with Crippen LogP contribution in [0.3, 0.4) is 0 Å². The third kappa shape index (κ3) is 7.94. The van der Waals surface area contributed by atoms with E-state index in [4.69, 9.17) is 32.6 Å². The molecule has 0 radical (unpaired) electrons. The molecule has 0 aliphatic heterocycles. The zero-order chi connectivity index (χ0) is 22.9. The first-order valence-electron chi connectivity index (χ1n) is 9.12. The lowest BCUT2D eigenvalue weighted by molar-refractivity contribution is -0.213. The maximum atomic E-state index is 12.4. The van der Waals surface area contributed by atoms with E-state index in [1.807, 2.05) is 32.9 Å². The number of aliphatic hydroxyl groups is 2. The molecular formula is C22H26ClF3O4. The topological polar surface area (TPSA) is 58.9 Å². The molecule has 0 aliphatic rings. The van der Waals surface area contributed by atoms with E-state index in [2.05, 4.69) is 5.92 Å². The second-order valence-corrected chi connectivity index (χ2v) is 7.47. The van der Waals surface area contributed by atoms with Crippen molar-refractivity contribution < 1.29 is 32.9 Å². The summed E-state index contributed by atoms with van der Waals surface area (Å²) in [6.45, 7) is 4.92. The Labute approximate surface area is 180 Å². The molecule has 0 aliphatic carbocycles. The summed E-state index contributed by atoms with van der Waals surface area (Å²) in [4.78, 5) is 0. The van der Waals surface area contributed by atoms with E-state index in [1.54, 1.807) is 18.2 Å². The summed E-state index contributed by atoms with van der Waals surface area (Å²) in [5.74, 6) is 2.72. The molecule has 1 aromatic rings. The van der Waals surface area contributed by atoms with Gasteiger partial charge in [-0.05, 0) is 36.6 Å². The molecular weight excluding hydrogens is 421 g/mol. The molecule has 0 fully saturated rings. The molecule has 166 valence electrons. The Morgan fingerprint density at radius 1 is 1.17 bits per heavy atom. The van der Waals surface area contributed by atoms with Crippen LogP contribution in [0, 0.1) is 12.3 Å². The van der Waals surface area contributed by atoms with Crippen LogP contribution in [-0.4, -0.2) is 47.7 Å². The molecule has 8 heteroatoms. The average molecular weight is 447 g/mol. The van der Waals surface area contributed by atoms with Crippen molar-refractivity contribution in [1.82, 2.24) is 0 Å². The largest absolute Gasteiger partial charge is 0.491 e. The van der Waals surface area contributed by atoms with Gasteiger partial charge in [0.15, 0.2) is 11.9 Å². The SMILES string of the molecule is C#C/C(=C\C=C(/C)C(C)(C)c1ccc(OC[C@H](O)CCl)cc1)OC[C@@H](O)C(F)(F)F. The average Bonchev–Trinajstić information content (AvgIpc) is 2.71. The summed E-state index contributed by atoms with van der Waals surface area (Å²) in [5, 5.41) is 18.4. The molecule has 0 spiro atoms. The summed E-state index contributed by atoms with van der Waals surface area (Å²) >= 11 is 5.53. The van der Waals surface area contributed by atoms with Crippen LogP contribution in [0.2, 0.25) is 0 Å². The van der Waals surface area contributed by atoms with Crippen molar-refractivity contribution in [2.24, 2.45) is 0 Å². The number of hydrogen-bond acceptors (Lipinski definition) is 4. The monoisotopic (exact) mass is 446 g/mol. The van der Waals surface area contributed by atoms with E-state index in [0.717, 1.165) is 11.1 Å². The Morgan fingerprint density at radius 3 is 2.27 bits per heavy atom. The first-order valence-corrected chi connectivity index (χ1v) is 9.65. The van der Waals surface area contributed by atoms with Crippen molar-refractivity contribution in [2.75, 3.05) is 19.1 Å². The number of alkyl halides is 4. The van der Waals surface area contributed by atoms with Gasteiger partial charge in [0.2, 0.25) is 0 Å². The zero-order valence-electron chi connectivity index (χ0n) is 17.0. The van der Waals surface area contributed by atoms with Crippen LogP contribution in [0.1, 0.15) is 26.3 Å². The highest BCUT2D eigenvalue weighted by molar-refractivity contribution is 6.18. The second-order valence-electron chi connectivity index (χ2n) is 7.16. The molecule has 0 heterocycles. The number of rotatable bonds is 10. The van der Waals surface area contributed by atoms with E-state index in [0.29, 0.717) is 5.75 Å². The van der Waals surface area contributed by atoms with Gasteiger partial charge in [0.1, 0.15) is 25.1 Å². The van der Waals surface area contributed by atoms with E-state index >= 15 is 0 Å². The molecule has 1 aromatic carbocycles. The number of hydrogen-bond donors (Lipinski definition) is 2. The summed E-state index contributed by atoms with van der Waals surface area (Å²) in [7, 11) is 0. The highest BCUT2D eigenvalue weighted by Gasteiger charge is 2.38. The fourth-order valence-electron chi connectivity index (χ4n) is 2.24. The number of benzene rings is 1. The second kappa shape index (κ2) is 11.3. The summed E-state index contributed by atoms with van der Waals surface area (Å²) in [6.07, 6.45) is 0.205. The molecule has 0 bridgehead atoms. The normalized spacial score (nSPS) is 15.3. The minimum Gasteiger partial charge on any atom is -0.491 e. The molecule has 0 saturated heterocycles. The van der Waals surface area contributed by atoms with Crippen LogP contribution in [0.25, 0.3) is 0 Å². The highest BCUT2D eigenvalue weighted by Crippen LogP contribution is 2.32. The fourth-order valence-corrected chi connectivity index (χ4v) is 2.33. The van der Waals surface area contributed by atoms with Crippen molar-refractivity contribution in [3.8, 4) is 18.1 Å². The Balaban J connectivity index is 2.86. The lowest BCUT2D eigenvalue weighted by Gasteiger charge is -2.27. The van der Waals surface area contributed by atoms with Crippen molar-refractivity contribution in [2.45, 2.75) is 44.6 Å². The third-order valence-corrected chi connectivity index (χ3v) is 4.94. The van der Waals surface area contributed by atoms with Gasteiger partial charge in [0.05, 0.1) is 5.88 Å². The molecule has 4 nitrogen and oxygen atoms in total. The van der Waals surface area contributed by atoms with Crippen LogP contribution in [0.4, 0.5) is 13.2 Å². The molecule has 2 N–H and O–H groups in total. The number of terminal acetylenes is 1. The van der Waals surface area contributed by atoms with E-state index in [1.165, 1.54) is 6.08 Å². The van der Waals surface area contributed by atoms with Gasteiger partial charge in [-0.3, -0.25) is 0 Å². The van der Waals surface area contributed by atoms with Crippen LogP contribution >= 0.6 is 11.6 Å². The minimum absolute atomic E-state index is 0.0845. The van der Waals surface area contributed by atoms with Gasteiger partial charge in [-0.1, -0.05) is 37.6 Å². The van der Waals surface area contributed by atoms with Crippen LogP contribution in [-0.2, 0) is 10.2 Å². The number of halogens is 4. The standard InChI is InChI=1S/C22H26ClF3O4/c1-5-18(30-14-20(28)22(24,25)26)9-6-15(2)21(3,4)16-7-10-19(11-8-16)29-13-17(27)12-23/h1,6-11,17,20,27-28H,12-14H2,2-4H3/b15-6+,18-9+/t17-,20-/m1/s1. The molecule has 0 unspecified atom stereocenters. The maximum Gasteiger partial charge on any atom is 0.417 e. The van der Waals surface area contributed by atoms with Crippen LogP contribution in [0.5, 0.6) is 5.75 Å². The Bertz CT molecular complexity index is 777. The molecule has 0 saturated carbocycles. The summed E-state index contributed by atoms with van der Waals surface area (Å²) < 4.78 is 47.4. The van der Waals surface area contributed by atoms with Crippen LogP contribution < -0.4 is 4.74 Å².